The lowest BCUT2D eigenvalue weighted by atomic mass is 10.2. The van der Waals surface area contributed by atoms with E-state index in [9.17, 15) is 4.79 Å². The summed E-state index contributed by atoms with van der Waals surface area (Å²) in [4.78, 5) is 23.3. The first-order valence-electron chi connectivity index (χ1n) is 6.90. The van der Waals surface area contributed by atoms with Crippen molar-refractivity contribution in [3.63, 3.8) is 0 Å². The summed E-state index contributed by atoms with van der Waals surface area (Å²) in [5, 5.41) is 7.60. The molecule has 1 aromatic carbocycles. The first-order chi connectivity index (χ1) is 11.6. The summed E-state index contributed by atoms with van der Waals surface area (Å²) in [5.41, 5.74) is 6.97. The van der Waals surface area contributed by atoms with E-state index in [0.29, 0.717) is 28.4 Å². The van der Waals surface area contributed by atoms with Crippen LogP contribution in [-0.4, -0.2) is 35.1 Å². The van der Waals surface area contributed by atoms with E-state index in [1.54, 1.807) is 18.2 Å². The van der Waals surface area contributed by atoms with Gasteiger partial charge in [0.2, 0.25) is 0 Å². The number of methoxy groups -OCH3 is 2. The van der Waals surface area contributed by atoms with Gasteiger partial charge in [0.25, 0.3) is 5.91 Å². The van der Waals surface area contributed by atoms with Crippen LogP contribution in [0, 0.1) is 0 Å². The Hall–Kier alpha value is -3.49. The Morgan fingerprint density at radius 2 is 1.92 bits per heavy atom. The van der Waals surface area contributed by atoms with E-state index in [2.05, 4.69) is 25.2 Å². The number of aromatic nitrogens is 3. The molecular weight excluding hydrogens is 312 g/mol. The number of benzene rings is 1. The molecule has 24 heavy (non-hydrogen) atoms. The number of nitrogens with zero attached hydrogens (tertiary/aromatic N) is 4. The van der Waals surface area contributed by atoms with Crippen LogP contribution in [0.15, 0.2) is 40.8 Å². The molecular formula is C15H14N6O3. The quantitative estimate of drug-likeness (QED) is 0.709. The topological polar surface area (TPSA) is 128 Å². The molecule has 122 valence electrons. The van der Waals surface area contributed by atoms with E-state index >= 15 is 0 Å². The Balaban J connectivity index is 1.93. The zero-order valence-corrected chi connectivity index (χ0v) is 13.0. The van der Waals surface area contributed by atoms with E-state index in [1.807, 2.05) is 0 Å². The number of amides is 1. The van der Waals surface area contributed by atoms with Crippen LogP contribution in [0.25, 0.3) is 11.0 Å². The second kappa shape index (κ2) is 6.32. The number of aromatic amines is 1. The molecule has 3 aromatic rings. The predicted octanol–water partition coefficient (Wildman–Crippen LogP) is 2.48. The van der Waals surface area contributed by atoms with Gasteiger partial charge in [0.05, 0.1) is 19.8 Å². The molecule has 2 aromatic heterocycles. The number of carbonyl (C=O) groups is 1. The second-order valence-corrected chi connectivity index (χ2v) is 4.71. The van der Waals surface area contributed by atoms with Gasteiger partial charge >= 0.3 is 0 Å². The third kappa shape index (κ3) is 2.74. The highest BCUT2D eigenvalue weighted by Gasteiger charge is 2.14. The molecule has 0 aliphatic carbocycles. The van der Waals surface area contributed by atoms with Gasteiger partial charge < -0.3 is 20.2 Å². The van der Waals surface area contributed by atoms with Gasteiger partial charge in [0, 0.05) is 18.5 Å². The summed E-state index contributed by atoms with van der Waals surface area (Å²) >= 11 is 0. The molecule has 0 radical (unpaired) electrons. The fraction of sp³-hybridized carbons (Fsp3) is 0.133. The van der Waals surface area contributed by atoms with E-state index in [1.165, 1.54) is 26.6 Å². The number of nitrogens with one attached hydrogen (secondary N) is 1. The van der Waals surface area contributed by atoms with Crippen molar-refractivity contribution in [3.8, 4) is 11.5 Å². The van der Waals surface area contributed by atoms with Crippen LogP contribution < -0.4 is 15.2 Å². The summed E-state index contributed by atoms with van der Waals surface area (Å²) in [7, 11) is 2.98. The number of H-pyrrole nitrogens is 1. The number of nitrogen functional groups attached to an aromatic ring is 1. The average molecular weight is 326 g/mol. The molecule has 3 rings (SSSR count). The molecule has 0 bridgehead atoms. The van der Waals surface area contributed by atoms with Crippen molar-refractivity contribution in [2.75, 3.05) is 20.0 Å². The van der Waals surface area contributed by atoms with Gasteiger partial charge in [-0.3, -0.25) is 4.79 Å². The van der Waals surface area contributed by atoms with Crippen molar-refractivity contribution in [2.45, 2.75) is 0 Å². The standard InChI is InChI=1S/C15H14N6O3/c1-23-8-3-4-9(10(7-8)24-2)15(22)21-20-14-12-11(13(16)19-14)17-5-6-18-12/h3-7,19H,16H2,1-2H3. The zero-order valence-electron chi connectivity index (χ0n) is 13.0. The fourth-order valence-corrected chi connectivity index (χ4v) is 2.15. The summed E-state index contributed by atoms with van der Waals surface area (Å²) in [6.07, 6.45) is 3.02. The van der Waals surface area contributed by atoms with E-state index in [0.717, 1.165) is 0 Å². The Labute approximate surface area is 136 Å². The zero-order chi connectivity index (χ0) is 17.1. The Bertz CT molecular complexity index is 934. The normalized spacial score (nSPS) is 11.1. The molecule has 0 aliphatic rings. The first kappa shape index (κ1) is 15.4. The van der Waals surface area contributed by atoms with E-state index in [4.69, 9.17) is 15.2 Å². The number of hydrogen-bond acceptors (Lipinski definition) is 7. The Morgan fingerprint density at radius 3 is 2.62 bits per heavy atom. The van der Waals surface area contributed by atoms with Crippen molar-refractivity contribution < 1.29 is 14.3 Å². The number of nitrogens with two attached hydrogens (primary N) is 1. The molecule has 0 fully saturated rings. The first-order valence-corrected chi connectivity index (χ1v) is 6.90. The summed E-state index contributed by atoms with van der Waals surface area (Å²) in [6, 6.07) is 4.79. The van der Waals surface area contributed by atoms with Crippen LogP contribution in [0.4, 0.5) is 11.6 Å². The highest BCUT2D eigenvalue weighted by molar-refractivity contribution is 5.98. The van der Waals surface area contributed by atoms with Crippen LogP contribution in [0.1, 0.15) is 10.4 Å². The molecule has 0 spiro atoms. The summed E-state index contributed by atoms with van der Waals surface area (Å²) < 4.78 is 10.3. The fourth-order valence-electron chi connectivity index (χ4n) is 2.15. The maximum atomic E-state index is 12.3. The number of hydrogen-bond donors (Lipinski definition) is 2. The third-order valence-corrected chi connectivity index (χ3v) is 3.31. The molecule has 2 heterocycles. The van der Waals surface area contributed by atoms with E-state index < -0.39 is 5.91 Å². The van der Waals surface area contributed by atoms with Crippen molar-refractivity contribution in [1.82, 2.24) is 15.0 Å². The molecule has 0 atom stereocenters. The number of azo groups is 1. The molecule has 9 nitrogen and oxygen atoms in total. The minimum Gasteiger partial charge on any atom is -0.497 e. The lowest BCUT2D eigenvalue weighted by molar-refractivity contribution is 0.0992. The highest BCUT2D eigenvalue weighted by Crippen LogP contribution is 2.28. The molecule has 0 aliphatic heterocycles. The van der Waals surface area contributed by atoms with Crippen LogP contribution >= 0.6 is 0 Å². The van der Waals surface area contributed by atoms with Gasteiger partial charge in [-0.2, -0.15) is 0 Å². The van der Waals surface area contributed by atoms with Gasteiger partial charge in [0.1, 0.15) is 28.4 Å². The van der Waals surface area contributed by atoms with Gasteiger partial charge in [-0.05, 0) is 12.1 Å². The van der Waals surface area contributed by atoms with Crippen molar-refractivity contribution in [2.24, 2.45) is 10.2 Å². The lowest BCUT2D eigenvalue weighted by Gasteiger charge is -2.06. The van der Waals surface area contributed by atoms with Crippen LogP contribution in [0.5, 0.6) is 11.5 Å². The smallest absolute Gasteiger partial charge is 0.299 e. The predicted molar refractivity (Wildman–Crippen MR) is 86.7 cm³/mol. The van der Waals surface area contributed by atoms with Gasteiger partial charge in [0.15, 0.2) is 5.82 Å². The van der Waals surface area contributed by atoms with Gasteiger partial charge in [-0.1, -0.05) is 0 Å². The monoisotopic (exact) mass is 326 g/mol. The van der Waals surface area contributed by atoms with Gasteiger partial charge in [-0.15, -0.1) is 10.2 Å². The number of fused-ring (bicyclic) bond motifs is 1. The highest BCUT2D eigenvalue weighted by atomic mass is 16.5. The van der Waals surface area contributed by atoms with E-state index in [-0.39, 0.29) is 11.4 Å². The Kier molecular flexibility index (Phi) is 4.06. The number of rotatable bonds is 4. The maximum absolute atomic E-state index is 12.3. The molecule has 3 N–H and O–H groups in total. The molecule has 9 heteroatoms. The van der Waals surface area contributed by atoms with Crippen LogP contribution in [0.3, 0.4) is 0 Å². The van der Waals surface area contributed by atoms with Crippen molar-refractivity contribution in [3.05, 3.63) is 36.2 Å². The minimum atomic E-state index is -0.570. The molecule has 1 amide bonds. The minimum absolute atomic E-state index is 0.261. The number of carbonyl (C=O) groups excluding carboxylic acids is 1. The summed E-state index contributed by atoms with van der Waals surface area (Å²) in [6.45, 7) is 0. The summed E-state index contributed by atoms with van der Waals surface area (Å²) in [5.74, 6) is 0.908. The second-order valence-electron chi connectivity index (χ2n) is 4.71. The third-order valence-electron chi connectivity index (χ3n) is 3.31. The molecule has 0 saturated carbocycles. The van der Waals surface area contributed by atoms with Gasteiger partial charge in [-0.25, -0.2) is 9.97 Å². The number of ether oxygens (including phenoxy) is 2. The van der Waals surface area contributed by atoms with Crippen LogP contribution in [0.2, 0.25) is 0 Å². The largest absolute Gasteiger partial charge is 0.497 e. The maximum Gasteiger partial charge on any atom is 0.299 e. The molecule has 0 unspecified atom stereocenters. The number of anilines is 1. The average Bonchev–Trinajstić information content (AvgIpc) is 2.95. The SMILES string of the molecule is COc1ccc(C(=O)N=Nc2[nH]c(N)c3nccnc23)c(OC)c1. The molecule has 0 saturated heterocycles. The Morgan fingerprint density at radius 1 is 1.17 bits per heavy atom. The van der Waals surface area contributed by atoms with Crippen LogP contribution in [-0.2, 0) is 0 Å². The van der Waals surface area contributed by atoms with Crippen molar-refractivity contribution >= 4 is 28.6 Å². The lowest BCUT2D eigenvalue weighted by Crippen LogP contribution is -1.99. The van der Waals surface area contributed by atoms with Crippen molar-refractivity contribution in [1.29, 1.82) is 0 Å².